The van der Waals surface area contributed by atoms with Gasteiger partial charge < -0.3 is 5.32 Å². The molecular weight excluding hydrogens is 432 g/mol. The van der Waals surface area contributed by atoms with Crippen molar-refractivity contribution in [1.82, 2.24) is 15.1 Å². The molecule has 0 spiro atoms. The van der Waals surface area contributed by atoms with Gasteiger partial charge in [-0.1, -0.05) is 18.2 Å². The Labute approximate surface area is 185 Å². The number of nitrogens with one attached hydrogen (secondary N) is 1. The number of rotatable bonds is 6. The molecular formula is C22H22N4O5S. The van der Waals surface area contributed by atoms with Gasteiger partial charge in [0, 0.05) is 35.5 Å². The Balaban J connectivity index is 1.59. The normalized spacial score (nSPS) is 15.9. The van der Waals surface area contributed by atoms with Gasteiger partial charge in [-0.3, -0.25) is 14.9 Å². The molecule has 166 valence electrons. The van der Waals surface area contributed by atoms with Crippen LogP contribution in [0, 0.1) is 10.1 Å². The van der Waals surface area contributed by atoms with Gasteiger partial charge in [-0.15, -0.1) is 0 Å². The van der Waals surface area contributed by atoms with Gasteiger partial charge in [0.2, 0.25) is 5.91 Å². The number of nitrogens with zero attached hydrogens (tertiary/aromatic N) is 3. The molecule has 1 aromatic heterocycles. The van der Waals surface area contributed by atoms with Crippen LogP contribution in [0.2, 0.25) is 0 Å². The topological polar surface area (TPSA) is 124 Å². The van der Waals surface area contributed by atoms with E-state index in [0.29, 0.717) is 29.7 Å². The first-order valence-electron chi connectivity index (χ1n) is 10.2. The highest BCUT2D eigenvalue weighted by atomic mass is 32.2. The van der Waals surface area contributed by atoms with Crippen LogP contribution in [0.25, 0.3) is 16.9 Å². The summed E-state index contributed by atoms with van der Waals surface area (Å²) < 4.78 is 24.9. The first-order valence-corrected chi connectivity index (χ1v) is 12.0. The van der Waals surface area contributed by atoms with Crippen molar-refractivity contribution in [2.24, 2.45) is 0 Å². The molecule has 0 bridgehead atoms. The van der Waals surface area contributed by atoms with Crippen molar-refractivity contribution in [3.8, 4) is 16.9 Å². The maximum Gasteiger partial charge on any atom is 0.269 e. The number of hydrogen-bond donors (Lipinski definition) is 1. The second-order valence-corrected chi connectivity index (χ2v) is 10.1. The number of amides is 1. The Morgan fingerprint density at radius 1 is 1.09 bits per heavy atom. The third kappa shape index (κ3) is 5.02. The summed E-state index contributed by atoms with van der Waals surface area (Å²) in [4.78, 5) is 23.2. The van der Waals surface area contributed by atoms with E-state index in [-0.39, 0.29) is 35.6 Å². The highest BCUT2D eigenvalue weighted by Crippen LogP contribution is 2.26. The Bertz CT molecular complexity index is 1220. The zero-order valence-electron chi connectivity index (χ0n) is 17.2. The number of nitro benzene ring substituents is 1. The van der Waals surface area contributed by atoms with Crippen molar-refractivity contribution in [3.05, 3.63) is 76.5 Å². The summed E-state index contributed by atoms with van der Waals surface area (Å²) in [6.07, 6.45) is 2.65. The number of carbonyl (C=O) groups is 1. The molecule has 1 fully saturated rings. The van der Waals surface area contributed by atoms with Crippen molar-refractivity contribution >= 4 is 21.4 Å². The predicted octanol–water partition coefficient (Wildman–Crippen LogP) is 2.68. The van der Waals surface area contributed by atoms with Crippen LogP contribution < -0.4 is 5.32 Å². The van der Waals surface area contributed by atoms with E-state index in [9.17, 15) is 23.3 Å². The van der Waals surface area contributed by atoms with Crippen LogP contribution >= 0.6 is 0 Å². The second-order valence-electron chi connectivity index (χ2n) is 7.76. The Hall–Kier alpha value is -3.53. The van der Waals surface area contributed by atoms with Crippen molar-refractivity contribution in [3.63, 3.8) is 0 Å². The molecule has 1 aliphatic heterocycles. The van der Waals surface area contributed by atoms with Gasteiger partial charge >= 0.3 is 0 Å². The van der Waals surface area contributed by atoms with E-state index in [1.165, 1.54) is 12.1 Å². The molecule has 1 aliphatic rings. The number of carbonyl (C=O) groups excluding carboxylic acids is 1. The number of benzene rings is 2. The molecule has 0 atom stereocenters. The van der Waals surface area contributed by atoms with E-state index in [1.807, 2.05) is 30.3 Å². The number of sulfone groups is 1. The molecule has 32 heavy (non-hydrogen) atoms. The highest BCUT2D eigenvalue weighted by molar-refractivity contribution is 7.91. The molecule has 1 amide bonds. The fourth-order valence-corrected chi connectivity index (χ4v) is 5.21. The SMILES string of the molecule is O=C(Cc1cn(-c2ccccc2)nc1-c1ccc([N+](=O)[O-])cc1)NC1CCS(=O)(=O)CC1. The van der Waals surface area contributed by atoms with Crippen LogP contribution in [0.3, 0.4) is 0 Å². The van der Waals surface area contributed by atoms with E-state index in [1.54, 1.807) is 23.0 Å². The molecule has 0 unspecified atom stereocenters. The van der Waals surface area contributed by atoms with Gasteiger partial charge in [0.25, 0.3) is 5.69 Å². The summed E-state index contributed by atoms with van der Waals surface area (Å²) in [5.74, 6) is -0.0550. The molecule has 10 heteroatoms. The fraction of sp³-hybridized carbons (Fsp3) is 0.273. The summed E-state index contributed by atoms with van der Waals surface area (Å²) in [6.45, 7) is 0. The number of aromatic nitrogens is 2. The Kier molecular flexibility index (Phi) is 6.04. The zero-order chi connectivity index (χ0) is 22.7. The molecule has 1 saturated heterocycles. The number of hydrogen-bond acceptors (Lipinski definition) is 6. The van der Waals surface area contributed by atoms with Crippen LogP contribution in [-0.2, 0) is 21.1 Å². The lowest BCUT2D eigenvalue weighted by Gasteiger charge is -2.23. The second kappa shape index (κ2) is 8.91. The maximum atomic E-state index is 12.7. The number of non-ortho nitro benzene ring substituents is 1. The van der Waals surface area contributed by atoms with E-state index < -0.39 is 14.8 Å². The minimum Gasteiger partial charge on any atom is -0.353 e. The van der Waals surface area contributed by atoms with Crippen LogP contribution in [0.4, 0.5) is 5.69 Å². The standard InChI is InChI=1S/C22H22N4O5S/c27-21(23-18-10-12-32(30,31)13-11-18)14-17-15-25(19-4-2-1-3-5-19)24-22(17)16-6-8-20(9-7-16)26(28)29/h1-9,15,18H,10-14H2,(H,23,27). The zero-order valence-corrected chi connectivity index (χ0v) is 18.0. The lowest BCUT2D eigenvalue weighted by atomic mass is 10.0. The Morgan fingerprint density at radius 2 is 1.75 bits per heavy atom. The number of para-hydroxylation sites is 1. The van der Waals surface area contributed by atoms with Crippen LogP contribution in [-0.4, -0.2) is 46.6 Å². The molecule has 0 radical (unpaired) electrons. The van der Waals surface area contributed by atoms with E-state index in [4.69, 9.17) is 0 Å². The minimum absolute atomic E-state index is 0.0252. The fourth-order valence-electron chi connectivity index (χ4n) is 3.72. The average molecular weight is 455 g/mol. The molecule has 2 heterocycles. The van der Waals surface area contributed by atoms with Gasteiger partial charge in [-0.05, 0) is 37.1 Å². The number of nitro groups is 1. The van der Waals surface area contributed by atoms with Gasteiger partial charge in [0.05, 0.1) is 34.2 Å². The Morgan fingerprint density at radius 3 is 2.38 bits per heavy atom. The van der Waals surface area contributed by atoms with Crippen LogP contribution in [0.15, 0.2) is 60.8 Å². The van der Waals surface area contributed by atoms with Crippen molar-refractivity contribution < 1.29 is 18.1 Å². The summed E-state index contributed by atoms with van der Waals surface area (Å²) in [5, 5.41) is 18.5. The minimum atomic E-state index is -3.00. The molecule has 9 nitrogen and oxygen atoms in total. The third-order valence-electron chi connectivity index (χ3n) is 5.43. The summed E-state index contributed by atoms with van der Waals surface area (Å²) in [7, 11) is -3.00. The van der Waals surface area contributed by atoms with E-state index >= 15 is 0 Å². The van der Waals surface area contributed by atoms with E-state index in [2.05, 4.69) is 10.4 Å². The summed E-state index contributed by atoms with van der Waals surface area (Å²) >= 11 is 0. The van der Waals surface area contributed by atoms with Crippen molar-refractivity contribution in [2.45, 2.75) is 25.3 Å². The van der Waals surface area contributed by atoms with Gasteiger partial charge in [0.1, 0.15) is 9.84 Å². The van der Waals surface area contributed by atoms with Crippen LogP contribution in [0.1, 0.15) is 18.4 Å². The average Bonchev–Trinajstić information content (AvgIpc) is 3.19. The molecule has 3 aromatic rings. The first kappa shape index (κ1) is 21.7. The molecule has 0 saturated carbocycles. The van der Waals surface area contributed by atoms with Crippen molar-refractivity contribution in [2.75, 3.05) is 11.5 Å². The molecule has 4 rings (SSSR count). The predicted molar refractivity (Wildman–Crippen MR) is 119 cm³/mol. The van der Waals surface area contributed by atoms with Gasteiger partial charge in [-0.2, -0.15) is 5.10 Å². The lowest BCUT2D eigenvalue weighted by Crippen LogP contribution is -2.41. The lowest BCUT2D eigenvalue weighted by molar-refractivity contribution is -0.384. The smallest absolute Gasteiger partial charge is 0.269 e. The van der Waals surface area contributed by atoms with Gasteiger partial charge in [0.15, 0.2) is 0 Å². The quantitative estimate of drug-likeness (QED) is 0.451. The summed E-state index contributed by atoms with van der Waals surface area (Å²) in [5.41, 5.74) is 2.69. The third-order valence-corrected chi connectivity index (χ3v) is 7.15. The molecule has 0 aliphatic carbocycles. The van der Waals surface area contributed by atoms with E-state index in [0.717, 1.165) is 5.69 Å². The largest absolute Gasteiger partial charge is 0.353 e. The molecule has 2 aromatic carbocycles. The van der Waals surface area contributed by atoms with Gasteiger partial charge in [-0.25, -0.2) is 13.1 Å². The van der Waals surface area contributed by atoms with Crippen LogP contribution in [0.5, 0.6) is 0 Å². The summed E-state index contributed by atoms with van der Waals surface area (Å²) in [6, 6.07) is 15.3. The highest BCUT2D eigenvalue weighted by Gasteiger charge is 2.25. The monoisotopic (exact) mass is 454 g/mol. The molecule has 1 N–H and O–H groups in total. The maximum absolute atomic E-state index is 12.7. The first-order chi connectivity index (χ1) is 15.3. The van der Waals surface area contributed by atoms with Crippen molar-refractivity contribution in [1.29, 1.82) is 0 Å².